The third-order valence-corrected chi connectivity index (χ3v) is 1.71. The number of aromatic nitrogens is 2. The van der Waals surface area contributed by atoms with Gasteiger partial charge in [-0.3, -0.25) is 19.6 Å². The second-order valence-corrected chi connectivity index (χ2v) is 3.15. The molecule has 0 aliphatic rings. The van der Waals surface area contributed by atoms with Crippen LogP contribution in [-0.2, 0) is 4.79 Å². The Hall–Kier alpha value is -2.22. The van der Waals surface area contributed by atoms with Gasteiger partial charge in [-0.25, -0.2) is 9.79 Å². The van der Waals surface area contributed by atoms with Gasteiger partial charge in [0, 0.05) is 13.5 Å². The van der Waals surface area contributed by atoms with Crippen LogP contribution in [0.3, 0.4) is 0 Å². The molecule has 0 fully saturated rings. The number of ketones is 1. The van der Waals surface area contributed by atoms with Crippen molar-refractivity contribution in [3.63, 3.8) is 0 Å². The molecule has 92 valence electrons. The first-order valence-corrected chi connectivity index (χ1v) is 4.80. The monoisotopic (exact) mass is 240 g/mol. The zero-order chi connectivity index (χ0) is 12.8. The maximum Gasteiger partial charge on any atom is 0.327 e. The molecule has 0 atom stereocenters. The Bertz CT molecular complexity index is 543. The van der Waals surface area contributed by atoms with E-state index in [4.69, 9.17) is 5.11 Å². The van der Waals surface area contributed by atoms with E-state index in [1.807, 2.05) is 4.98 Å². The molecule has 0 aliphatic carbocycles. The molecular weight excluding hydrogens is 228 g/mol. The molecular formula is C9H12N4O4. The van der Waals surface area contributed by atoms with Gasteiger partial charge >= 0.3 is 5.69 Å². The Morgan fingerprint density at radius 3 is 2.76 bits per heavy atom. The van der Waals surface area contributed by atoms with Gasteiger partial charge in [0.2, 0.25) is 0 Å². The van der Waals surface area contributed by atoms with Crippen LogP contribution >= 0.6 is 0 Å². The Morgan fingerprint density at radius 1 is 1.47 bits per heavy atom. The van der Waals surface area contributed by atoms with Crippen molar-refractivity contribution in [1.29, 1.82) is 0 Å². The molecule has 0 saturated carbocycles. The summed E-state index contributed by atoms with van der Waals surface area (Å²) in [5.74, 6) is -0.269. The van der Waals surface area contributed by atoms with Gasteiger partial charge in [-0.05, 0) is 0 Å². The van der Waals surface area contributed by atoms with E-state index >= 15 is 0 Å². The van der Waals surface area contributed by atoms with Crippen LogP contribution in [0.25, 0.3) is 0 Å². The van der Waals surface area contributed by atoms with E-state index in [1.165, 1.54) is 6.92 Å². The summed E-state index contributed by atoms with van der Waals surface area (Å²) >= 11 is 0. The summed E-state index contributed by atoms with van der Waals surface area (Å²) in [4.78, 5) is 41.2. The lowest BCUT2D eigenvalue weighted by Crippen LogP contribution is -2.24. The van der Waals surface area contributed by atoms with Crippen LogP contribution in [0.2, 0.25) is 0 Å². The lowest BCUT2D eigenvalue weighted by atomic mass is 10.4. The molecule has 0 bridgehead atoms. The Morgan fingerprint density at radius 2 is 2.18 bits per heavy atom. The zero-order valence-electron chi connectivity index (χ0n) is 9.11. The first kappa shape index (κ1) is 12.8. The summed E-state index contributed by atoms with van der Waals surface area (Å²) < 4.78 is 0. The fourth-order valence-electron chi connectivity index (χ4n) is 1.07. The summed E-state index contributed by atoms with van der Waals surface area (Å²) in [6.07, 6.45) is 0.965. The quantitative estimate of drug-likeness (QED) is 0.478. The van der Waals surface area contributed by atoms with E-state index in [-0.39, 0.29) is 30.4 Å². The van der Waals surface area contributed by atoms with Crippen LogP contribution in [0.5, 0.6) is 0 Å². The van der Waals surface area contributed by atoms with Crippen molar-refractivity contribution in [3.05, 3.63) is 20.8 Å². The number of aliphatic imine (C=N–C) groups is 1. The number of Topliss-reactive ketones (excluding diaryl/α,β-unsaturated/α-hetero) is 1. The maximum absolute atomic E-state index is 11.4. The molecule has 8 nitrogen and oxygen atoms in total. The lowest BCUT2D eigenvalue weighted by molar-refractivity contribution is -0.110. The largest absolute Gasteiger partial charge is 0.395 e. The smallest absolute Gasteiger partial charge is 0.327 e. The van der Waals surface area contributed by atoms with E-state index < -0.39 is 11.2 Å². The first-order chi connectivity index (χ1) is 8.04. The number of carbonyl (C=O) groups is 1. The summed E-state index contributed by atoms with van der Waals surface area (Å²) in [5.41, 5.74) is -1.53. The molecule has 1 aromatic rings. The fraction of sp³-hybridized carbons (Fsp3) is 0.333. The van der Waals surface area contributed by atoms with Crippen LogP contribution in [0.4, 0.5) is 11.5 Å². The average Bonchev–Trinajstić information content (AvgIpc) is 2.24. The first-order valence-electron chi connectivity index (χ1n) is 4.80. The number of rotatable bonds is 5. The van der Waals surface area contributed by atoms with Gasteiger partial charge in [0.1, 0.15) is 5.82 Å². The summed E-state index contributed by atoms with van der Waals surface area (Å²) in [7, 11) is 0. The zero-order valence-corrected chi connectivity index (χ0v) is 9.11. The molecule has 4 N–H and O–H groups in total. The van der Waals surface area contributed by atoms with Crippen LogP contribution in [0, 0.1) is 0 Å². The van der Waals surface area contributed by atoms with Gasteiger partial charge in [0.05, 0.1) is 12.8 Å². The normalized spacial score (nSPS) is 10.7. The second kappa shape index (κ2) is 5.75. The van der Waals surface area contributed by atoms with E-state index in [2.05, 4.69) is 15.3 Å². The predicted octanol–water partition coefficient (Wildman–Crippen LogP) is -1.24. The molecule has 1 heterocycles. The molecule has 0 aliphatic heterocycles. The Labute approximate surface area is 95.4 Å². The van der Waals surface area contributed by atoms with Crippen molar-refractivity contribution in [2.75, 3.05) is 18.5 Å². The van der Waals surface area contributed by atoms with Crippen molar-refractivity contribution >= 4 is 23.5 Å². The number of aromatic amines is 2. The topological polar surface area (TPSA) is 127 Å². The minimum Gasteiger partial charge on any atom is -0.395 e. The second-order valence-electron chi connectivity index (χ2n) is 3.15. The number of hydrogen-bond acceptors (Lipinski definition) is 6. The van der Waals surface area contributed by atoms with Gasteiger partial charge in [-0.2, -0.15) is 0 Å². The molecule has 8 heteroatoms. The number of nitrogens with one attached hydrogen (secondary N) is 3. The highest BCUT2D eigenvalue weighted by Gasteiger charge is 2.07. The third-order valence-electron chi connectivity index (χ3n) is 1.71. The number of carbonyl (C=O) groups excluding carboxylic acids is 1. The number of aliphatic hydroxyl groups excluding tert-OH is 1. The minimum atomic E-state index is -0.716. The standard InChI is InChI=1S/C9H12N4O4/c1-5(15)4-11-6-7(10-2-3-14)12-9(17)13-8(6)16/h4,14H,2-3H2,1H3,(H3,10,12,13,16,17). The Balaban J connectivity index is 3.20. The molecule has 0 amide bonds. The molecule has 1 aromatic heterocycles. The SMILES string of the molecule is CC(=O)C=Nc1c(NCCO)[nH]c(=O)[nH]c1=O. The highest BCUT2D eigenvalue weighted by atomic mass is 16.3. The highest BCUT2D eigenvalue weighted by molar-refractivity contribution is 6.26. The number of anilines is 1. The number of hydrogen-bond donors (Lipinski definition) is 4. The van der Waals surface area contributed by atoms with E-state index in [1.54, 1.807) is 0 Å². The van der Waals surface area contributed by atoms with Gasteiger partial charge < -0.3 is 10.4 Å². The van der Waals surface area contributed by atoms with Crippen molar-refractivity contribution in [1.82, 2.24) is 9.97 Å². The molecule has 0 aromatic carbocycles. The number of nitrogens with zero attached hydrogens (tertiary/aromatic N) is 1. The number of aliphatic hydroxyl groups is 1. The molecule has 0 radical (unpaired) electrons. The molecule has 0 saturated heterocycles. The fourth-order valence-corrected chi connectivity index (χ4v) is 1.07. The van der Waals surface area contributed by atoms with E-state index in [0.29, 0.717) is 0 Å². The number of H-pyrrole nitrogens is 2. The van der Waals surface area contributed by atoms with Crippen LogP contribution in [-0.4, -0.2) is 40.2 Å². The van der Waals surface area contributed by atoms with E-state index in [0.717, 1.165) is 6.21 Å². The van der Waals surface area contributed by atoms with Gasteiger partial charge in [-0.15, -0.1) is 0 Å². The van der Waals surface area contributed by atoms with Gasteiger partial charge in [-0.1, -0.05) is 0 Å². The van der Waals surface area contributed by atoms with Gasteiger partial charge in [0.15, 0.2) is 11.5 Å². The van der Waals surface area contributed by atoms with Crippen LogP contribution < -0.4 is 16.6 Å². The van der Waals surface area contributed by atoms with Crippen LogP contribution in [0.1, 0.15) is 6.92 Å². The minimum absolute atomic E-state index is 0.0605. The Kier molecular flexibility index (Phi) is 4.35. The maximum atomic E-state index is 11.4. The third kappa shape index (κ3) is 3.68. The average molecular weight is 240 g/mol. The van der Waals surface area contributed by atoms with Crippen molar-refractivity contribution in [2.24, 2.45) is 4.99 Å². The predicted molar refractivity (Wildman–Crippen MR) is 62.1 cm³/mol. The van der Waals surface area contributed by atoms with Crippen molar-refractivity contribution in [2.45, 2.75) is 6.92 Å². The molecule has 0 spiro atoms. The lowest BCUT2D eigenvalue weighted by Gasteiger charge is -2.05. The molecule has 0 unspecified atom stereocenters. The van der Waals surface area contributed by atoms with Crippen molar-refractivity contribution < 1.29 is 9.90 Å². The molecule has 17 heavy (non-hydrogen) atoms. The summed E-state index contributed by atoms with van der Waals surface area (Å²) in [6, 6.07) is 0. The molecule has 1 rings (SSSR count). The van der Waals surface area contributed by atoms with E-state index in [9.17, 15) is 14.4 Å². The van der Waals surface area contributed by atoms with Gasteiger partial charge in [0.25, 0.3) is 5.56 Å². The van der Waals surface area contributed by atoms with Crippen molar-refractivity contribution in [3.8, 4) is 0 Å². The summed E-state index contributed by atoms with van der Waals surface area (Å²) in [6.45, 7) is 1.25. The highest BCUT2D eigenvalue weighted by Crippen LogP contribution is 2.13. The summed E-state index contributed by atoms with van der Waals surface area (Å²) in [5, 5.41) is 11.3. The van der Waals surface area contributed by atoms with Crippen LogP contribution in [0.15, 0.2) is 14.6 Å².